The summed E-state index contributed by atoms with van der Waals surface area (Å²) in [6, 6.07) is 14.0. The molecule has 0 amide bonds. The van der Waals surface area contributed by atoms with Crippen LogP contribution in [0.5, 0.6) is 0 Å². The van der Waals surface area contributed by atoms with E-state index in [0.717, 1.165) is 16.6 Å². The minimum absolute atomic E-state index is 0. The predicted molar refractivity (Wildman–Crippen MR) is 90.7 cm³/mol. The second-order valence-corrected chi connectivity index (χ2v) is 4.97. The van der Waals surface area contributed by atoms with Gasteiger partial charge in [0.05, 0.1) is 11.1 Å². The van der Waals surface area contributed by atoms with Crippen molar-refractivity contribution >= 4 is 52.3 Å². The van der Waals surface area contributed by atoms with E-state index < -0.39 is 5.97 Å². The molecule has 1 aromatic heterocycles. The standard InChI is InChI=1S/C16H11ClN2O2.ClH/c17-11-4-5-13-14(6-7-18-15(13)9-11)19-12-3-1-2-10(8-12)16(20)21;/h1-9H,(H,18,19)(H,20,21);1H. The van der Waals surface area contributed by atoms with E-state index in [-0.39, 0.29) is 18.0 Å². The quantitative estimate of drug-likeness (QED) is 0.725. The Labute approximate surface area is 138 Å². The molecule has 0 aliphatic heterocycles. The van der Waals surface area contributed by atoms with E-state index in [4.69, 9.17) is 16.7 Å². The zero-order chi connectivity index (χ0) is 14.8. The Balaban J connectivity index is 0.00000176. The summed E-state index contributed by atoms with van der Waals surface area (Å²) in [6.45, 7) is 0. The van der Waals surface area contributed by atoms with E-state index in [9.17, 15) is 4.79 Å². The zero-order valence-corrected chi connectivity index (χ0v) is 12.9. The lowest BCUT2D eigenvalue weighted by atomic mass is 10.1. The lowest BCUT2D eigenvalue weighted by molar-refractivity contribution is 0.0697. The average Bonchev–Trinajstić information content (AvgIpc) is 2.47. The zero-order valence-electron chi connectivity index (χ0n) is 11.3. The molecule has 22 heavy (non-hydrogen) atoms. The number of carboxylic acids is 1. The van der Waals surface area contributed by atoms with Crippen molar-refractivity contribution in [1.82, 2.24) is 4.98 Å². The lowest BCUT2D eigenvalue weighted by Crippen LogP contribution is -1.98. The fourth-order valence-electron chi connectivity index (χ4n) is 2.12. The Hall–Kier alpha value is -2.30. The lowest BCUT2D eigenvalue weighted by Gasteiger charge is -2.10. The Morgan fingerprint density at radius 1 is 1.14 bits per heavy atom. The van der Waals surface area contributed by atoms with Crippen LogP contribution in [0.25, 0.3) is 10.9 Å². The van der Waals surface area contributed by atoms with Crippen LogP contribution in [0, 0.1) is 0 Å². The van der Waals surface area contributed by atoms with E-state index in [1.165, 1.54) is 0 Å². The molecular weight excluding hydrogens is 323 g/mol. The van der Waals surface area contributed by atoms with Crippen LogP contribution in [0.4, 0.5) is 11.4 Å². The highest BCUT2D eigenvalue weighted by molar-refractivity contribution is 6.31. The molecule has 0 fully saturated rings. The Morgan fingerprint density at radius 3 is 2.73 bits per heavy atom. The molecule has 0 saturated heterocycles. The molecule has 3 rings (SSSR count). The number of pyridine rings is 1. The number of fused-ring (bicyclic) bond motifs is 1. The van der Waals surface area contributed by atoms with Gasteiger partial charge in [-0.3, -0.25) is 4.98 Å². The molecule has 2 N–H and O–H groups in total. The van der Waals surface area contributed by atoms with Gasteiger partial charge < -0.3 is 10.4 Å². The summed E-state index contributed by atoms with van der Waals surface area (Å²) in [5, 5.41) is 13.8. The Kier molecular flexibility index (Phi) is 4.85. The van der Waals surface area contributed by atoms with Crippen molar-refractivity contribution in [3.8, 4) is 0 Å². The number of nitrogens with one attached hydrogen (secondary N) is 1. The smallest absolute Gasteiger partial charge is 0.335 e. The van der Waals surface area contributed by atoms with Gasteiger partial charge in [-0.2, -0.15) is 0 Å². The molecule has 0 aliphatic carbocycles. The summed E-state index contributed by atoms with van der Waals surface area (Å²) >= 11 is 5.96. The van der Waals surface area contributed by atoms with Crippen LogP contribution in [-0.4, -0.2) is 16.1 Å². The topological polar surface area (TPSA) is 62.2 Å². The number of nitrogens with zero attached hydrogens (tertiary/aromatic N) is 1. The highest BCUT2D eigenvalue weighted by Crippen LogP contribution is 2.27. The highest BCUT2D eigenvalue weighted by Gasteiger charge is 2.06. The number of halogens is 2. The predicted octanol–water partition coefficient (Wildman–Crippen LogP) is 4.75. The maximum Gasteiger partial charge on any atom is 0.335 e. The third-order valence-corrected chi connectivity index (χ3v) is 3.33. The molecule has 0 unspecified atom stereocenters. The van der Waals surface area contributed by atoms with Crippen LogP contribution >= 0.6 is 24.0 Å². The van der Waals surface area contributed by atoms with Crippen molar-refractivity contribution in [1.29, 1.82) is 0 Å². The molecule has 112 valence electrons. The molecule has 6 heteroatoms. The number of benzene rings is 2. The minimum atomic E-state index is -0.954. The number of anilines is 2. The first-order chi connectivity index (χ1) is 10.1. The third-order valence-electron chi connectivity index (χ3n) is 3.09. The molecule has 0 saturated carbocycles. The molecule has 0 spiro atoms. The van der Waals surface area contributed by atoms with Gasteiger partial charge in [0.15, 0.2) is 0 Å². The molecule has 4 nitrogen and oxygen atoms in total. The first kappa shape index (κ1) is 16.1. The summed E-state index contributed by atoms with van der Waals surface area (Å²) in [5.41, 5.74) is 2.57. The number of rotatable bonds is 3. The maximum atomic E-state index is 11.0. The van der Waals surface area contributed by atoms with Gasteiger partial charge in [-0.1, -0.05) is 17.7 Å². The fourth-order valence-corrected chi connectivity index (χ4v) is 2.28. The van der Waals surface area contributed by atoms with E-state index in [2.05, 4.69) is 10.3 Å². The van der Waals surface area contributed by atoms with Crippen LogP contribution in [0.1, 0.15) is 10.4 Å². The number of aromatic nitrogens is 1. The maximum absolute atomic E-state index is 11.0. The SMILES string of the molecule is Cl.O=C(O)c1cccc(Nc2ccnc3cc(Cl)ccc23)c1. The summed E-state index contributed by atoms with van der Waals surface area (Å²) in [5.74, 6) is -0.954. The van der Waals surface area contributed by atoms with Crippen LogP contribution in [0.15, 0.2) is 54.7 Å². The van der Waals surface area contributed by atoms with E-state index in [1.54, 1.807) is 36.5 Å². The largest absolute Gasteiger partial charge is 0.478 e. The van der Waals surface area contributed by atoms with Crippen molar-refractivity contribution in [3.05, 3.63) is 65.3 Å². The average molecular weight is 335 g/mol. The van der Waals surface area contributed by atoms with E-state index in [1.807, 2.05) is 18.2 Å². The summed E-state index contributed by atoms with van der Waals surface area (Å²) in [6.07, 6.45) is 1.68. The van der Waals surface area contributed by atoms with Crippen molar-refractivity contribution in [2.45, 2.75) is 0 Å². The van der Waals surface area contributed by atoms with E-state index >= 15 is 0 Å². The van der Waals surface area contributed by atoms with Gasteiger partial charge in [0.2, 0.25) is 0 Å². The number of carbonyl (C=O) groups is 1. The van der Waals surface area contributed by atoms with Gasteiger partial charge >= 0.3 is 5.97 Å². The number of aromatic carboxylic acids is 1. The van der Waals surface area contributed by atoms with Crippen LogP contribution in [-0.2, 0) is 0 Å². The third kappa shape index (κ3) is 3.30. The van der Waals surface area contributed by atoms with Crippen LogP contribution < -0.4 is 5.32 Å². The monoisotopic (exact) mass is 334 g/mol. The molecule has 0 bridgehead atoms. The van der Waals surface area contributed by atoms with Gasteiger partial charge in [0.1, 0.15) is 0 Å². The van der Waals surface area contributed by atoms with Gasteiger partial charge in [0.25, 0.3) is 0 Å². The van der Waals surface area contributed by atoms with Gasteiger partial charge in [-0.15, -0.1) is 12.4 Å². The highest BCUT2D eigenvalue weighted by atomic mass is 35.5. The van der Waals surface area contributed by atoms with Gasteiger partial charge in [-0.25, -0.2) is 4.79 Å². The normalized spacial score (nSPS) is 10.0. The van der Waals surface area contributed by atoms with Crippen molar-refractivity contribution < 1.29 is 9.90 Å². The van der Waals surface area contributed by atoms with E-state index in [0.29, 0.717) is 10.7 Å². The summed E-state index contributed by atoms with van der Waals surface area (Å²) in [4.78, 5) is 15.3. The summed E-state index contributed by atoms with van der Waals surface area (Å²) in [7, 11) is 0. The summed E-state index contributed by atoms with van der Waals surface area (Å²) < 4.78 is 0. The molecular formula is C16H12Cl2N2O2. The van der Waals surface area contributed by atoms with Gasteiger partial charge in [-0.05, 0) is 42.5 Å². The second-order valence-electron chi connectivity index (χ2n) is 4.53. The van der Waals surface area contributed by atoms with Crippen LogP contribution in [0.3, 0.4) is 0 Å². The minimum Gasteiger partial charge on any atom is -0.478 e. The van der Waals surface area contributed by atoms with Crippen LogP contribution in [0.2, 0.25) is 5.02 Å². The molecule has 3 aromatic rings. The molecule has 0 radical (unpaired) electrons. The number of hydrogen-bond acceptors (Lipinski definition) is 3. The molecule has 0 aliphatic rings. The first-order valence-electron chi connectivity index (χ1n) is 6.28. The van der Waals surface area contributed by atoms with Crippen molar-refractivity contribution in [2.24, 2.45) is 0 Å². The number of hydrogen-bond donors (Lipinski definition) is 2. The Morgan fingerprint density at radius 2 is 1.95 bits per heavy atom. The van der Waals surface area contributed by atoms with Crippen molar-refractivity contribution in [3.63, 3.8) is 0 Å². The second kappa shape index (κ2) is 6.64. The first-order valence-corrected chi connectivity index (χ1v) is 6.66. The van der Waals surface area contributed by atoms with Gasteiger partial charge in [0, 0.05) is 28.0 Å². The fraction of sp³-hybridized carbons (Fsp3) is 0. The Bertz CT molecular complexity index is 837. The number of carboxylic acid groups (broad SMARTS) is 1. The van der Waals surface area contributed by atoms with Crippen molar-refractivity contribution in [2.75, 3.05) is 5.32 Å². The molecule has 1 heterocycles. The molecule has 2 aromatic carbocycles. The molecule has 0 atom stereocenters.